The van der Waals surface area contributed by atoms with Crippen molar-refractivity contribution in [2.45, 2.75) is 6.54 Å². The Kier molecular flexibility index (Phi) is 2.36. The van der Waals surface area contributed by atoms with Gasteiger partial charge in [-0.25, -0.2) is 4.98 Å². The average Bonchev–Trinajstić information content (AvgIpc) is 2.69. The lowest BCUT2D eigenvalue weighted by Gasteiger charge is -2.05. The van der Waals surface area contributed by atoms with E-state index >= 15 is 0 Å². The van der Waals surface area contributed by atoms with Crippen molar-refractivity contribution < 1.29 is 4.42 Å². The maximum absolute atomic E-state index is 5.71. The Hall–Kier alpha value is -1.97. The number of aromatic nitrogens is 1. The van der Waals surface area contributed by atoms with Crippen molar-refractivity contribution in [2.24, 2.45) is 0 Å². The number of rotatable bonds is 3. The molecule has 0 amide bonds. The molecule has 4 heteroatoms. The van der Waals surface area contributed by atoms with Crippen LogP contribution in [0, 0.1) is 0 Å². The third-order valence-electron chi connectivity index (χ3n) is 1.88. The molecule has 72 valence electrons. The van der Waals surface area contributed by atoms with E-state index in [0.29, 0.717) is 18.1 Å². The van der Waals surface area contributed by atoms with Crippen LogP contribution in [0.2, 0.25) is 0 Å². The average molecular weight is 189 g/mol. The number of nitrogens with one attached hydrogen (secondary N) is 1. The molecular weight excluding hydrogens is 178 g/mol. The minimum Gasteiger partial charge on any atom is -0.472 e. The summed E-state index contributed by atoms with van der Waals surface area (Å²) in [6.07, 6.45) is 5.03. The Labute approximate surface area is 81.8 Å². The first kappa shape index (κ1) is 8.62. The van der Waals surface area contributed by atoms with Gasteiger partial charge >= 0.3 is 0 Å². The van der Waals surface area contributed by atoms with Crippen molar-refractivity contribution in [3.8, 4) is 0 Å². The number of nitrogens with two attached hydrogens (primary N) is 1. The number of pyridine rings is 1. The van der Waals surface area contributed by atoms with Gasteiger partial charge in [0.2, 0.25) is 0 Å². The Morgan fingerprint density at radius 3 is 3.07 bits per heavy atom. The van der Waals surface area contributed by atoms with E-state index in [2.05, 4.69) is 10.3 Å². The van der Waals surface area contributed by atoms with Crippen LogP contribution in [0.5, 0.6) is 0 Å². The predicted octanol–water partition coefficient (Wildman–Crippen LogP) is 1.87. The van der Waals surface area contributed by atoms with Crippen LogP contribution in [0.25, 0.3) is 0 Å². The molecule has 0 unspecified atom stereocenters. The largest absolute Gasteiger partial charge is 0.472 e. The van der Waals surface area contributed by atoms with Gasteiger partial charge in [0.25, 0.3) is 0 Å². The second kappa shape index (κ2) is 3.83. The number of hydrogen-bond acceptors (Lipinski definition) is 4. The quantitative estimate of drug-likeness (QED) is 0.773. The summed E-state index contributed by atoms with van der Waals surface area (Å²) in [6.45, 7) is 0.664. The van der Waals surface area contributed by atoms with Crippen LogP contribution < -0.4 is 11.1 Å². The van der Waals surface area contributed by atoms with Crippen molar-refractivity contribution in [2.75, 3.05) is 11.1 Å². The predicted molar refractivity (Wildman–Crippen MR) is 54.7 cm³/mol. The summed E-state index contributed by atoms with van der Waals surface area (Å²) < 4.78 is 4.94. The van der Waals surface area contributed by atoms with Crippen molar-refractivity contribution >= 4 is 11.5 Å². The van der Waals surface area contributed by atoms with E-state index in [1.807, 2.05) is 12.1 Å². The van der Waals surface area contributed by atoms with Gasteiger partial charge in [-0.05, 0) is 18.2 Å². The van der Waals surface area contributed by atoms with E-state index in [9.17, 15) is 0 Å². The summed E-state index contributed by atoms with van der Waals surface area (Å²) in [7, 11) is 0. The molecule has 2 rings (SSSR count). The highest BCUT2D eigenvalue weighted by atomic mass is 16.3. The maximum Gasteiger partial charge on any atom is 0.149 e. The molecule has 14 heavy (non-hydrogen) atoms. The highest BCUT2D eigenvalue weighted by Crippen LogP contribution is 2.14. The van der Waals surface area contributed by atoms with Gasteiger partial charge in [0.15, 0.2) is 0 Å². The molecule has 0 aromatic carbocycles. The van der Waals surface area contributed by atoms with Crippen LogP contribution in [0.1, 0.15) is 5.56 Å². The molecule has 2 aromatic rings. The summed E-state index contributed by atoms with van der Waals surface area (Å²) in [5.74, 6) is 0.703. The lowest BCUT2D eigenvalue weighted by atomic mass is 10.3. The van der Waals surface area contributed by atoms with E-state index < -0.39 is 0 Å². The highest BCUT2D eigenvalue weighted by Gasteiger charge is 1.98. The fourth-order valence-corrected chi connectivity index (χ4v) is 1.14. The summed E-state index contributed by atoms with van der Waals surface area (Å²) in [5, 5.41) is 3.12. The zero-order chi connectivity index (χ0) is 9.80. The van der Waals surface area contributed by atoms with Crippen molar-refractivity contribution in [3.63, 3.8) is 0 Å². The van der Waals surface area contributed by atoms with Crippen LogP contribution in [0.15, 0.2) is 41.3 Å². The fraction of sp³-hybridized carbons (Fsp3) is 0.100. The Morgan fingerprint density at radius 1 is 1.43 bits per heavy atom. The third kappa shape index (κ3) is 1.85. The molecule has 0 bridgehead atoms. The van der Waals surface area contributed by atoms with Crippen LogP contribution in [0.4, 0.5) is 11.5 Å². The van der Waals surface area contributed by atoms with Crippen molar-refractivity contribution in [1.82, 2.24) is 4.98 Å². The molecule has 0 aliphatic heterocycles. The Bertz CT molecular complexity index is 398. The van der Waals surface area contributed by atoms with Crippen molar-refractivity contribution in [1.29, 1.82) is 0 Å². The summed E-state index contributed by atoms with van der Waals surface area (Å²) in [5.41, 5.74) is 7.43. The smallest absolute Gasteiger partial charge is 0.149 e. The van der Waals surface area contributed by atoms with Crippen molar-refractivity contribution in [3.05, 3.63) is 42.5 Å². The van der Waals surface area contributed by atoms with Gasteiger partial charge in [0.05, 0.1) is 18.2 Å². The molecule has 2 heterocycles. The molecule has 0 radical (unpaired) electrons. The van der Waals surface area contributed by atoms with Gasteiger partial charge in [-0.3, -0.25) is 0 Å². The number of nitrogen functional groups attached to an aromatic ring is 1. The van der Waals surface area contributed by atoms with E-state index in [4.69, 9.17) is 10.2 Å². The van der Waals surface area contributed by atoms with E-state index in [0.717, 1.165) is 5.56 Å². The zero-order valence-electron chi connectivity index (χ0n) is 7.60. The molecule has 0 spiro atoms. The topological polar surface area (TPSA) is 64.1 Å². The van der Waals surface area contributed by atoms with Gasteiger partial charge in [-0.2, -0.15) is 0 Å². The zero-order valence-corrected chi connectivity index (χ0v) is 7.60. The molecule has 3 N–H and O–H groups in total. The number of furan rings is 1. The number of nitrogens with zero attached hydrogens (tertiary/aromatic N) is 1. The molecule has 4 nitrogen and oxygen atoms in total. The van der Waals surface area contributed by atoms with Gasteiger partial charge in [0, 0.05) is 18.3 Å². The van der Waals surface area contributed by atoms with Gasteiger partial charge in [-0.15, -0.1) is 0 Å². The first-order valence-electron chi connectivity index (χ1n) is 4.32. The SMILES string of the molecule is Nc1cccnc1NCc1ccoc1. The lowest BCUT2D eigenvalue weighted by molar-refractivity contribution is 0.564. The Morgan fingerprint density at radius 2 is 2.36 bits per heavy atom. The second-order valence-corrected chi connectivity index (χ2v) is 2.93. The molecule has 0 fully saturated rings. The minimum atomic E-state index is 0.649. The lowest BCUT2D eigenvalue weighted by Crippen LogP contribution is -2.03. The van der Waals surface area contributed by atoms with E-state index in [1.165, 1.54) is 0 Å². The fourth-order valence-electron chi connectivity index (χ4n) is 1.14. The highest BCUT2D eigenvalue weighted by molar-refractivity contribution is 5.60. The number of anilines is 2. The molecule has 0 atom stereocenters. The first-order chi connectivity index (χ1) is 6.86. The molecule has 2 aromatic heterocycles. The Balaban J connectivity index is 2.02. The van der Waals surface area contributed by atoms with Crippen LogP contribution in [-0.4, -0.2) is 4.98 Å². The summed E-state index contributed by atoms with van der Waals surface area (Å²) in [4.78, 5) is 4.11. The first-order valence-corrected chi connectivity index (χ1v) is 4.32. The summed E-state index contributed by atoms with van der Waals surface area (Å²) in [6, 6.07) is 5.51. The van der Waals surface area contributed by atoms with Crippen LogP contribution >= 0.6 is 0 Å². The molecule has 0 saturated carbocycles. The summed E-state index contributed by atoms with van der Waals surface area (Å²) >= 11 is 0. The van der Waals surface area contributed by atoms with Gasteiger partial charge in [-0.1, -0.05) is 0 Å². The molecule has 0 saturated heterocycles. The maximum atomic E-state index is 5.71. The van der Waals surface area contributed by atoms with Crippen LogP contribution in [0.3, 0.4) is 0 Å². The van der Waals surface area contributed by atoms with E-state index in [1.54, 1.807) is 24.8 Å². The molecule has 0 aliphatic rings. The van der Waals surface area contributed by atoms with Gasteiger partial charge < -0.3 is 15.5 Å². The second-order valence-electron chi connectivity index (χ2n) is 2.93. The van der Waals surface area contributed by atoms with Crippen LogP contribution in [-0.2, 0) is 6.54 Å². The van der Waals surface area contributed by atoms with Gasteiger partial charge in [0.1, 0.15) is 5.82 Å². The number of hydrogen-bond donors (Lipinski definition) is 2. The third-order valence-corrected chi connectivity index (χ3v) is 1.88. The molecule has 0 aliphatic carbocycles. The monoisotopic (exact) mass is 189 g/mol. The molecular formula is C10H11N3O. The minimum absolute atomic E-state index is 0.649. The standard InChI is InChI=1S/C10H11N3O/c11-9-2-1-4-12-10(9)13-6-8-3-5-14-7-8/h1-5,7H,6,11H2,(H,12,13). The normalized spacial score (nSPS) is 10.0. The van der Waals surface area contributed by atoms with E-state index in [-0.39, 0.29) is 0 Å².